The lowest BCUT2D eigenvalue weighted by Crippen LogP contribution is -2.42. The molecular formula is C19H21N5O2. The monoisotopic (exact) mass is 351 g/mol. The number of carbonyl (C=O) groups excluding carboxylic acids is 1. The van der Waals surface area contributed by atoms with Gasteiger partial charge in [0.05, 0.1) is 0 Å². The first-order chi connectivity index (χ1) is 12.7. The van der Waals surface area contributed by atoms with E-state index in [2.05, 4.69) is 15.3 Å². The van der Waals surface area contributed by atoms with E-state index >= 15 is 0 Å². The van der Waals surface area contributed by atoms with Gasteiger partial charge in [0.2, 0.25) is 0 Å². The minimum absolute atomic E-state index is 0.258. The number of amides is 1. The van der Waals surface area contributed by atoms with Crippen molar-refractivity contribution in [3.63, 3.8) is 0 Å². The number of benzene rings is 2. The van der Waals surface area contributed by atoms with Gasteiger partial charge in [0.15, 0.2) is 0 Å². The molecule has 0 aromatic heterocycles. The Hall–Kier alpha value is -3.18. The van der Waals surface area contributed by atoms with Crippen molar-refractivity contribution in [2.75, 3.05) is 18.4 Å². The number of hydrogen-bond acceptors (Lipinski definition) is 4. The van der Waals surface area contributed by atoms with Crippen LogP contribution in [0.25, 0.3) is 10.4 Å². The maximum Gasteiger partial charge on any atom is 0.410 e. The predicted molar refractivity (Wildman–Crippen MR) is 100 cm³/mol. The number of ether oxygens (including phenoxy) is 1. The highest BCUT2D eigenvalue weighted by molar-refractivity contribution is 5.67. The molecule has 1 heterocycles. The summed E-state index contributed by atoms with van der Waals surface area (Å²) in [4.78, 5) is 16.7. The Kier molecular flexibility index (Phi) is 5.96. The molecule has 0 saturated carbocycles. The highest BCUT2D eigenvalue weighted by Gasteiger charge is 2.23. The number of carbonyl (C=O) groups is 1. The zero-order valence-corrected chi connectivity index (χ0v) is 14.4. The molecule has 0 unspecified atom stereocenters. The van der Waals surface area contributed by atoms with Crippen molar-refractivity contribution >= 4 is 17.5 Å². The molecule has 2 aromatic rings. The normalized spacial score (nSPS) is 14.4. The summed E-state index contributed by atoms with van der Waals surface area (Å²) in [5, 5.41) is 7.01. The molecule has 7 nitrogen and oxygen atoms in total. The van der Waals surface area contributed by atoms with Crippen LogP contribution in [0.5, 0.6) is 0 Å². The van der Waals surface area contributed by atoms with Gasteiger partial charge in [-0.1, -0.05) is 47.6 Å². The molecule has 2 aromatic carbocycles. The summed E-state index contributed by atoms with van der Waals surface area (Å²) in [6.45, 7) is 1.64. The molecule has 1 aliphatic heterocycles. The van der Waals surface area contributed by atoms with E-state index < -0.39 is 0 Å². The fourth-order valence-electron chi connectivity index (χ4n) is 2.93. The Morgan fingerprint density at radius 2 is 1.85 bits per heavy atom. The first-order valence-corrected chi connectivity index (χ1v) is 8.62. The smallest absolute Gasteiger partial charge is 0.410 e. The average molecular weight is 351 g/mol. The van der Waals surface area contributed by atoms with Gasteiger partial charge < -0.3 is 15.0 Å². The number of piperidine rings is 1. The summed E-state index contributed by atoms with van der Waals surface area (Å²) in [7, 11) is 0. The van der Waals surface area contributed by atoms with Crippen LogP contribution < -0.4 is 5.32 Å². The largest absolute Gasteiger partial charge is 0.445 e. The molecule has 134 valence electrons. The van der Waals surface area contributed by atoms with Crippen LogP contribution >= 0.6 is 0 Å². The standard InChI is InChI=1S/C19H21N5O2/c20-23-22-18-8-6-16(7-9-18)21-17-10-12-24(13-11-17)19(25)26-14-15-4-2-1-3-5-15/h1-9,17,21H,10-14H2. The third-order valence-corrected chi connectivity index (χ3v) is 4.36. The van der Waals surface area contributed by atoms with Crippen molar-refractivity contribution in [2.24, 2.45) is 5.11 Å². The molecule has 1 fully saturated rings. The molecule has 0 atom stereocenters. The molecule has 0 aliphatic carbocycles. The quantitative estimate of drug-likeness (QED) is 0.474. The van der Waals surface area contributed by atoms with Crippen molar-refractivity contribution in [3.8, 4) is 0 Å². The first-order valence-electron chi connectivity index (χ1n) is 8.62. The highest BCUT2D eigenvalue weighted by atomic mass is 16.6. The molecule has 0 spiro atoms. The number of azide groups is 1. The van der Waals surface area contributed by atoms with Crippen LogP contribution in [0, 0.1) is 0 Å². The molecule has 1 N–H and O–H groups in total. The fourth-order valence-corrected chi connectivity index (χ4v) is 2.93. The number of nitrogens with zero attached hydrogens (tertiary/aromatic N) is 4. The van der Waals surface area contributed by atoms with Crippen LogP contribution in [0.15, 0.2) is 59.7 Å². The second kappa shape index (κ2) is 8.78. The number of rotatable bonds is 5. The van der Waals surface area contributed by atoms with Crippen molar-refractivity contribution in [2.45, 2.75) is 25.5 Å². The second-order valence-corrected chi connectivity index (χ2v) is 6.18. The first kappa shape index (κ1) is 17.6. The fraction of sp³-hybridized carbons (Fsp3) is 0.316. The van der Waals surface area contributed by atoms with E-state index in [9.17, 15) is 4.79 Å². The van der Waals surface area contributed by atoms with E-state index in [1.807, 2.05) is 42.5 Å². The van der Waals surface area contributed by atoms with Gasteiger partial charge >= 0.3 is 6.09 Å². The lowest BCUT2D eigenvalue weighted by molar-refractivity contribution is 0.0882. The van der Waals surface area contributed by atoms with Gasteiger partial charge in [0.25, 0.3) is 0 Å². The van der Waals surface area contributed by atoms with Crippen LogP contribution in [-0.2, 0) is 11.3 Å². The van der Waals surface area contributed by atoms with Gasteiger partial charge in [-0.25, -0.2) is 4.79 Å². The number of anilines is 1. The maximum atomic E-state index is 12.2. The Morgan fingerprint density at radius 3 is 2.50 bits per heavy atom. The maximum absolute atomic E-state index is 12.2. The van der Waals surface area contributed by atoms with Gasteiger partial charge in [0, 0.05) is 35.4 Å². The molecule has 0 radical (unpaired) electrons. The highest BCUT2D eigenvalue weighted by Crippen LogP contribution is 2.20. The molecule has 3 rings (SSSR count). The number of hydrogen-bond donors (Lipinski definition) is 1. The van der Waals surface area contributed by atoms with Crippen LogP contribution in [0.3, 0.4) is 0 Å². The molecule has 1 saturated heterocycles. The molecule has 7 heteroatoms. The van der Waals surface area contributed by atoms with Crippen molar-refractivity contribution < 1.29 is 9.53 Å². The molecular weight excluding hydrogens is 330 g/mol. The lowest BCUT2D eigenvalue weighted by Gasteiger charge is -2.32. The average Bonchev–Trinajstić information content (AvgIpc) is 2.69. The summed E-state index contributed by atoms with van der Waals surface area (Å²) < 4.78 is 5.38. The number of nitrogens with one attached hydrogen (secondary N) is 1. The van der Waals surface area contributed by atoms with Gasteiger partial charge in [-0.3, -0.25) is 0 Å². The van der Waals surface area contributed by atoms with Gasteiger partial charge in [-0.05, 0) is 36.1 Å². The summed E-state index contributed by atoms with van der Waals surface area (Å²) >= 11 is 0. The minimum atomic E-state index is -0.258. The van der Waals surface area contributed by atoms with Crippen molar-refractivity contribution in [1.29, 1.82) is 0 Å². The Bertz CT molecular complexity index is 764. The van der Waals surface area contributed by atoms with Crippen molar-refractivity contribution in [3.05, 3.63) is 70.6 Å². The zero-order chi connectivity index (χ0) is 18.2. The molecule has 1 amide bonds. The van der Waals surface area contributed by atoms with Crippen LogP contribution in [0.2, 0.25) is 0 Å². The predicted octanol–water partition coefficient (Wildman–Crippen LogP) is 4.84. The van der Waals surface area contributed by atoms with E-state index in [0.717, 1.165) is 24.1 Å². The van der Waals surface area contributed by atoms with E-state index in [1.54, 1.807) is 17.0 Å². The van der Waals surface area contributed by atoms with E-state index in [1.165, 1.54) is 0 Å². The second-order valence-electron chi connectivity index (χ2n) is 6.18. The van der Waals surface area contributed by atoms with E-state index in [0.29, 0.717) is 31.4 Å². The van der Waals surface area contributed by atoms with Gasteiger partial charge in [-0.2, -0.15) is 0 Å². The third-order valence-electron chi connectivity index (χ3n) is 4.36. The Labute approximate surface area is 152 Å². The summed E-state index contributed by atoms with van der Waals surface area (Å²) in [5.41, 5.74) is 11.0. The Balaban J connectivity index is 1.43. The van der Waals surface area contributed by atoms with E-state index in [4.69, 9.17) is 10.3 Å². The SMILES string of the molecule is [N-]=[N+]=Nc1ccc(NC2CCN(C(=O)OCc3ccccc3)CC2)cc1. The summed E-state index contributed by atoms with van der Waals surface area (Å²) in [5.74, 6) is 0. The van der Waals surface area contributed by atoms with Gasteiger partial charge in [-0.15, -0.1) is 0 Å². The van der Waals surface area contributed by atoms with Gasteiger partial charge in [0.1, 0.15) is 6.61 Å². The Morgan fingerprint density at radius 1 is 1.15 bits per heavy atom. The topological polar surface area (TPSA) is 90.3 Å². The third kappa shape index (κ3) is 4.91. The van der Waals surface area contributed by atoms with E-state index in [-0.39, 0.29) is 6.09 Å². The zero-order valence-electron chi connectivity index (χ0n) is 14.4. The molecule has 0 bridgehead atoms. The molecule has 1 aliphatic rings. The van der Waals surface area contributed by atoms with Crippen LogP contribution in [-0.4, -0.2) is 30.1 Å². The molecule has 26 heavy (non-hydrogen) atoms. The van der Waals surface area contributed by atoms with Crippen LogP contribution in [0.1, 0.15) is 18.4 Å². The lowest BCUT2D eigenvalue weighted by atomic mass is 10.0. The van der Waals surface area contributed by atoms with Crippen LogP contribution in [0.4, 0.5) is 16.2 Å². The summed E-state index contributed by atoms with van der Waals surface area (Å²) in [6.07, 6.45) is 1.46. The van der Waals surface area contributed by atoms with Crippen molar-refractivity contribution in [1.82, 2.24) is 4.90 Å². The number of likely N-dealkylation sites (tertiary alicyclic amines) is 1. The minimum Gasteiger partial charge on any atom is -0.445 e. The summed E-state index contributed by atoms with van der Waals surface area (Å²) in [6, 6.07) is 17.3.